The van der Waals surface area contributed by atoms with Gasteiger partial charge in [-0.05, 0) is 38.3 Å². The summed E-state index contributed by atoms with van der Waals surface area (Å²) in [6.45, 7) is 12.3. The van der Waals surface area contributed by atoms with Crippen LogP contribution in [0.15, 0.2) is 30.4 Å². The van der Waals surface area contributed by atoms with Gasteiger partial charge in [-0.2, -0.15) is 0 Å². The van der Waals surface area contributed by atoms with Crippen molar-refractivity contribution in [3.8, 4) is 0 Å². The molecule has 1 fully saturated rings. The van der Waals surface area contributed by atoms with E-state index in [2.05, 4.69) is 17.2 Å². The Kier molecular flexibility index (Phi) is 23.4. The quantitative estimate of drug-likeness (QED) is 0.0449. The van der Waals surface area contributed by atoms with Crippen LogP contribution < -0.4 is 10.6 Å². The molecule has 57 heavy (non-hydrogen) atoms. The summed E-state index contributed by atoms with van der Waals surface area (Å²) in [4.78, 5) is 74.7. The van der Waals surface area contributed by atoms with Crippen LogP contribution in [-0.4, -0.2) is 159 Å². The van der Waals surface area contributed by atoms with Crippen molar-refractivity contribution in [3.05, 3.63) is 41.5 Å². The van der Waals surface area contributed by atoms with Gasteiger partial charge in [0, 0.05) is 25.0 Å². The van der Waals surface area contributed by atoms with Crippen LogP contribution in [0, 0.1) is 0 Å². The third-order valence-corrected chi connectivity index (χ3v) is 8.35. The molecule has 5 amide bonds. The van der Waals surface area contributed by atoms with Gasteiger partial charge in [-0.1, -0.05) is 19.1 Å². The number of amides is 5. The van der Waals surface area contributed by atoms with Crippen LogP contribution >= 0.6 is 0 Å². The molecule has 2 N–H and O–H groups in total. The monoisotopic (exact) mass is 807 g/mol. The zero-order valence-electron chi connectivity index (χ0n) is 32.9. The lowest BCUT2D eigenvalue weighted by Crippen LogP contribution is -2.54. The molecule has 2 heterocycles. The van der Waals surface area contributed by atoms with Crippen molar-refractivity contribution in [1.82, 2.24) is 10.2 Å². The maximum atomic E-state index is 13.2. The van der Waals surface area contributed by atoms with Gasteiger partial charge >= 0.3 is 5.97 Å². The third-order valence-electron chi connectivity index (χ3n) is 8.35. The van der Waals surface area contributed by atoms with Crippen molar-refractivity contribution >= 4 is 41.2 Å². The van der Waals surface area contributed by atoms with Gasteiger partial charge < -0.3 is 47.9 Å². The molecule has 0 aliphatic carbocycles. The number of nitrogens with zero attached hydrogens (tertiary/aromatic N) is 1. The second-order valence-corrected chi connectivity index (χ2v) is 12.8. The molecule has 0 spiro atoms. The van der Waals surface area contributed by atoms with E-state index in [1.165, 1.54) is 6.07 Å². The van der Waals surface area contributed by atoms with Crippen molar-refractivity contribution in [2.24, 2.45) is 0 Å². The minimum atomic E-state index is -1.08. The SMILES string of the molecule is C=C(C)C(=O)OCCOCCOCCOCCOCCOCCOCCOCCOCCCCCC(=O)Nc1cccc2c1C(=O)N(C1CCC(=O)NC1=O)C2=O. The number of fused-ring (bicyclic) bond motifs is 1. The van der Waals surface area contributed by atoms with E-state index in [1.54, 1.807) is 19.1 Å². The summed E-state index contributed by atoms with van der Waals surface area (Å²) in [5.41, 5.74) is 0.728. The Morgan fingerprint density at radius 2 is 1.18 bits per heavy atom. The molecule has 2 aliphatic heterocycles. The van der Waals surface area contributed by atoms with E-state index in [0.717, 1.165) is 17.7 Å². The van der Waals surface area contributed by atoms with Crippen LogP contribution in [0.1, 0.15) is 66.2 Å². The molecule has 0 aromatic heterocycles. The lowest BCUT2D eigenvalue weighted by Gasteiger charge is -2.27. The number of hydrogen-bond acceptors (Lipinski definition) is 15. The Morgan fingerprint density at radius 3 is 1.67 bits per heavy atom. The Bertz CT molecular complexity index is 1460. The summed E-state index contributed by atoms with van der Waals surface area (Å²) in [6.07, 6.45) is 2.43. The first kappa shape index (κ1) is 47.2. The molecule has 1 atom stereocenters. The van der Waals surface area contributed by atoms with Crippen molar-refractivity contribution < 1.29 is 71.4 Å². The van der Waals surface area contributed by atoms with E-state index in [4.69, 9.17) is 42.6 Å². The highest BCUT2D eigenvalue weighted by atomic mass is 16.6. The number of rotatable bonds is 33. The van der Waals surface area contributed by atoms with Crippen molar-refractivity contribution in [1.29, 1.82) is 0 Å². The van der Waals surface area contributed by atoms with Gasteiger partial charge in [0.1, 0.15) is 12.6 Å². The smallest absolute Gasteiger partial charge is 0.333 e. The molecular weight excluding hydrogens is 750 g/mol. The first-order chi connectivity index (χ1) is 27.7. The van der Waals surface area contributed by atoms with Crippen molar-refractivity contribution in [2.75, 3.05) is 118 Å². The van der Waals surface area contributed by atoms with Gasteiger partial charge in [0.2, 0.25) is 17.7 Å². The maximum absolute atomic E-state index is 13.2. The van der Waals surface area contributed by atoms with E-state index in [9.17, 15) is 28.8 Å². The maximum Gasteiger partial charge on any atom is 0.333 e. The highest BCUT2D eigenvalue weighted by molar-refractivity contribution is 6.26. The summed E-state index contributed by atoms with van der Waals surface area (Å²) in [5.74, 6) is -3.16. The van der Waals surface area contributed by atoms with Gasteiger partial charge in [0.25, 0.3) is 11.8 Å². The molecule has 0 radical (unpaired) electrons. The van der Waals surface area contributed by atoms with Crippen LogP contribution in [0.2, 0.25) is 0 Å². The predicted octanol–water partition coefficient (Wildman–Crippen LogP) is 1.84. The minimum Gasteiger partial charge on any atom is -0.460 e. The average molecular weight is 808 g/mol. The van der Waals surface area contributed by atoms with Crippen molar-refractivity contribution in [2.45, 2.75) is 51.5 Å². The van der Waals surface area contributed by atoms with Crippen LogP contribution in [0.5, 0.6) is 0 Å². The van der Waals surface area contributed by atoms with E-state index in [0.29, 0.717) is 118 Å². The summed E-state index contributed by atoms with van der Waals surface area (Å²) >= 11 is 0. The standard InChI is InChI=1S/C39H57N3O15/c1-29(2)39(48)57-28-27-56-26-25-55-24-23-54-22-21-53-20-19-52-18-17-51-16-15-50-14-13-49-12-5-3-4-9-33(43)40-31-8-6-7-30-35(31)38(47)42(37(30)46)32-10-11-34(44)41-36(32)45/h6-8,32H,1,3-5,9-28H2,2H3,(H,40,43)(H,41,44,45). The van der Waals surface area contributed by atoms with Gasteiger partial charge in [0.15, 0.2) is 0 Å². The molecule has 18 nitrogen and oxygen atoms in total. The molecule has 1 aromatic carbocycles. The number of esters is 1. The van der Waals surface area contributed by atoms with Crippen LogP contribution in [-0.2, 0) is 61.8 Å². The van der Waals surface area contributed by atoms with Crippen molar-refractivity contribution in [3.63, 3.8) is 0 Å². The Hall–Kier alpha value is -4.14. The topological polar surface area (TPSA) is 213 Å². The Labute approximate surface area is 333 Å². The summed E-state index contributed by atoms with van der Waals surface area (Å²) in [5, 5.41) is 4.90. The number of imide groups is 2. The number of unbranched alkanes of at least 4 members (excludes halogenated alkanes) is 2. The molecular formula is C39H57N3O15. The fourth-order valence-electron chi connectivity index (χ4n) is 5.46. The Morgan fingerprint density at radius 1 is 0.684 bits per heavy atom. The molecule has 2 aliphatic rings. The van der Waals surface area contributed by atoms with E-state index >= 15 is 0 Å². The largest absolute Gasteiger partial charge is 0.460 e. The van der Waals surface area contributed by atoms with Crippen LogP contribution in [0.4, 0.5) is 5.69 Å². The van der Waals surface area contributed by atoms with Gasteiger partial charge in [-0.15, -0.1) is 0 Å². The van der Waals surface area contributed by atoms with Crippen LogP contribution in [0.25, 0.3) is 0 Å². The number of carbonyl (C=O) groups is 6. The first-order valence-corrected chi connectivity index (χ1v) is 19.3. The normalized spacial score (nSPS) is 15.2. The van der Waals surface area contributed by atoms with E-state index in [1.807, 2.05) is 0 Å². The van der Waals surface area contributed by atoms with E-state index in [-0.39, 0.29) is 48.6 Å². The highest BCUT2D eigenvalue weighted by Gasteiger charge is 2.45. The highest BCUT2D eigenvalue weighted by Crippen LogP contribution is 2.32. The molecule has 1 aromatic rings. The molecule has 3 rings (SSSR count). The third kappa shape index (κ3) is 18.3. The van der Waals surface area contributed by atoms with E-state index < -0.39 is 35.6 Å². The first-order valence-electron chi connectivity index (χ1n) is 19.3. The number of ether oxygens (including phenoxy) is 9. The lowest BCUT2D eigenvalue weighted by atomic mass is 10.0. The zero-order chi connectivity index (χ0) is 41.1. The fourth-order valence-corrected chi connectivity index (χ4v) is 5.46. The number of piperidine rings is 1. The van der Waals surface area contributed by atoms with Crippen LogP contribution in [0.3, 0.4) is 0 Å². The molecule has 0 saturated carbocycles. The second kappa shape index (κ2) is 28.3. The zero-order valence-corrected chi connectivity index (χ0v) is 32.9. The number of benzene rings is 1. The summed E-state index contributed by atoms with van der Waals surface area (Å²) < 4.78 is 48.6. The number of carbonyl (C=O) groups excluding carboxylic acids is 6. The molecule has 1 saturated heterocycles. The summed E-state index contributed by atoms with van der Waals surface area (Å²) in [6, 6.07) is 3.52. The lowest BCUT2D eigenvalue weighted by molar-refractivity contribution is -0.140. The van der Waals surface area contributed by atoms with Gasteiger partial charge in [0.05, 0.1) is 116 Å². The van der Waals surface area contributed by atoms with Gasteiger partial charge in [-0.25, -0.2) is 4.79 Å². The Balaban J connectivity index is 1.03. The molecule has 1 unspecified atom stereocenters. The minimum absolute atomic E-state index is 0.0256. The molecule has 318 valence electrons. The number of anilines is 1. The number of nitrogens with one attached hydrogen (secondary N) is 2. The van der Waals surface area contributed by atoms with Gasteiger partial charge in [-0.3, -0.25) is 34.2 Å². The second-order valence-electron chi connectivity index (χ2n) is 12.8. The molecule has 18 heteroatoms. The predicted molar refractivity (Wildman–Crippen MR) is 203 cm³/mol. The average Bonchev–Trinajstić information content (AvgIpc) is 3.44. The molecule has 0 bridgehead atoms. The number of hydrogen-bond donors (Lipinski definition) is 2. The summed E-state index contributed by atoms with van der Waals surface area (Å²) in [7, 11) is 0. The fraction of sp³-hybridized carbons (Fsp3) is 0.641.